The van der Waals surface area contributed by atoms with Gasteiger partial charge in [0.2, 0.25) is 0 Å². The molecule has 0 N–H and O–H groups in total. The first-order valence-corrected chi connectivity index (χ1v) is 10.3. The number of carbonyl (C=O) groups excluding carboxylic acids is 1. The number of nitrogens with zero attached hydrogens (tertiary/aromatic N) is 2. The average molecular weight is 422 g/mol. The van der Waals surface area contributed by atoms with Gasteiger partial charge < -0.3 is 4.74 Å². The summed E-state index contributed by atoms with van der Waals surface area (Å²) in [6.45, 7) is 3.92. The molecule has 0 amide bonds. The van der Waals surface area contributed by atoms with Gasteiger partial charge in [-0.15, -0.1) is 11.3 Å². The molecule has 0 atom stereocenters. The summed E-state index contributed by atoms with van der Waals surface area (Å²) in [5.41, 5.74) is 2.67. The van der Waals surface area contributed by atoms with Gasteiger partial charge >= 0.3 is 5.97 Å². The van der Waals surface area contributed by atoms with Gasteiger partial charge in [0.25, 0.3) is 5.56 Å². The lowest BCUT2D eigenvalue weighted by molar-refractivity contribution is 0.0378. The highest BCUT2D eigenvalue weighted by molar-refractivity contribution is 7.17. The van der Waals surface area contributed by atoms with Gasteiger partial charge in [0, 0.05) is 10.9 Å². The van der Waals surface area contributed by atoms with Crippen molar-refractivity contribution in [2.24, 2.45) is 0 Å². The molecule has 152 valence electrons. The van der Waals surface area contributed by atoms with E-state index in [1.54, 1.807) is 50.2 Å². The molecule has 0 saturated heterocycles. The minimum Gasteiger partial charge on any atom is -0.459 e. The summed E-state index contributed by atoms with van der Waals surface area (Å²) in [6, 6.07) is 13.0. The van der Waals surface area contributed by atoms with Crippen molar-refractivity contribution in [2.75, 3.05) is 0 Å². The van der Waals surface area contributed by atoms with Gasteiger partial charge in [-0.3, -0.25) is 9.36 Å². The molecule has 2 aromatic heterocycles. The van der Waals surface area contributed by atoms with Gasteiger partial charge in [-0.05, 0) is 49.2 Å². The maximum Gasteiger partial charge on any atom is 0.338 e. The third kappa shape index (κ3) is 4.02. The predicted octanol–water partition coefficient (Wildman–Crippen LogP) is 4.88. The van der Waals surface area contributed by atoms with Gasteiger partial charge in [-0.1, -0.05) is 24.3 Å². The Morgan fingerprint density at radius 1 is 1.13 bits per heavy atom. The molecule has 0 saturated carbocycles. The zero-order valence-corrected chi connectivity index (χ0v) is 17.3. The number of fused-ring (bicyclic) bond motifs is 1. The van der Waals surface area contributed by atoms with E-state index in [1.807, 2.05) is 5.38 Å². The number of halogens is 1. The normalized spacial score (nSPS) is 11.2. The van der Waals surface area contributed by atoms with Crippen LogP contribution in [0.3, 0.4) is 0 Å². The Hall–Kier alpha value is -3.32. The van der Waals surface area contributed by atoms with E-state index in [0.29, 0.717) is 22.3 Å². The fourth-order valence-electron chi connectivity index (χ4n) is 3.15. The second-order valence-electron chi connectivity index (χ2n) is 7.17. The van der Waals surface area contributed by atoms with E-state index in [4.69, 9.17) is 4.74 Å². The standard InChI is InChI=1S/C23H19FN2O3S/c1-14(2)29-23(28)17-5-3-15(4-6-17)11-26-13-25-21-20(22(26)27)19(12-30-21)16-7-9-18(24)10-8-16/h3-10,12-14H,11H2,1-2H3. The monoisotopic (exact) mass is 422 g/mol. The van der Waals surface area contributed by atoms with Crippen LogP contribution < -0.4 is 5.56 Å². The molecule has 2 heterocycles. The second kappa shape index (κ2) is 8.20. The topological polar surface area (TPSA) is 61.2 Å². The van der Waals surface area contributed by atoms with Crippen molar-refractivity contribution in [3.05, 3.63) is 87.5 Å². The van der Waals surface area contributed by atoms with E-state index in [0.717, 1.165) is 16.7 Å². The second-order valence-corrected chi connectivity index (χ2v) is 8.02. The Balaban J connectivity index is 1.64. The third-order valence-corrected chi connectivity index (χ3v) is 5.49. The maximum absolute atomic E-state index is 13.3. The Kier molecular flexibility index (Phi) is 5.46. The van der Waals surface area contributed by atoms with Crippen LogP contribution in [0.5, 0.6) is 0 Å². The lowest BCUT2D eigenvalue weighted by atomic mass is 10.1. The fraction of sp³-hybridized carbons (Fsp3) is 0.174. The highest BCUT2D eigenvalue weighted by atomic mass is 32.1. The van der Waals surface area contributed by atoms with Crippen molar-refractivity contribution < 1.29 is 13.9 Å². The number of rotatable bonds is 5. The molecule has 7 heteroatoms. The van der Waals surface area contributed by atoms with E-state index < -0.39 is 0 Å². The lowest BCUT2D eigenvalue weighted by Crippen LogP contribution is -2.21. The molecule has 0 fully saturated rings. The van der Waals surface area contributed by atoms with Crippen molar-refractivity contribution >= 4 is 27.5 Å². The minimum absolute atomic E-state index is 0.163. The van der Waals surface area contributed by atoms with Crippen LogP contribution in [0, 0.1) is 5.82 Å². The zero-order chi connectivity index (χ0) is 21.3. The molecule has 0 unspecified atom stereocenters. The van der Waals surface area contributed by atoms with Crippen molar-refractivity contribution in [2.45, 2.75) is 26.5 Å². The van der Waals surface area contributed by atoms with Crippen LogP contribution in [0.2, 0.25) is 0 Å². The van der Waals surface area contributed by atoms with Gasteiger partial charge in [0.1, 0.15) is 10.6 Å². The minimum atomic E-state index is -0.376. The van der Waals surface area contributed by atoms with Crippen LogP contribution in [-0.2, 0) is 11.3 Å². The number of carbonyl (C=O) groups is 1. The number of esters is 1. The maximum atomic E-state index is 13.3. The Bertz CT molecular complexity index is 1260. The van der Waals surface area contributed by atoms with E-state index in [9.17, 15) is 14.0 Å². The van der Waals surface area contributed by atoms with Crippen LogP contribution >= 0.6 is 11.3 Å². The largest absolute Gasteiger partial charge is 0.459 e. The molecule has 0 aliphatic heterocycles. The summed E-state index contributed by atoms with van der Waals surface area (Å²) >= 11 is 1.38. The van der Waals surface area contributed by atoms with E-state index >= 15 is 0 Å². The van der Waals surface area contributed by atoms with E-state index in [2.05, 4.69) is 4.98 Å². The molecule has 4 aromatic rings. The summed E-state index contributed by atoms with van der Waals surface area (Å²) in [5, 5.41) is 2.39. The van der Waals surface area contributed by atoms with Crippen molar-refractivity contribution in [1.29, 1.82) is 0 Å². The number of hydrogen-bond donors (Lipinski definition) is 0. The SMILES string of the molecule is CC(C)OC(=O)c1ccc(Cn2cnc3scc(-c4ccc(F)cc4)c3c2=O)cc1. The average Bonchev–Trinajstić information content (AvgIpc) is 3.15. The number of aromatic nitrogens is 2. The first-order valence-electron chi connectivity index (χ1n) is 9.45. The highest BCUT2D eigenvalue weighted by Gasteiger charge is 2.14. The lowest BCUT2D eigenvalue weighted by Gasteiger charge is -2.09. The van der Waals surface area contributed by atoms with Gasteiger partial charge in [-0.25, -0.2) is 14.2 Å². The van der Waals surface area contributed by atoms with Crippen LogP contribution in [-0.4, -0.2) is 21.6 Å². The first kappa shape index (κ1) is 20.0. The molecule has 2 aromatic carbocycles. The summed E-state index contributed by atoms with van der Waals surface area (Å²) in [4.78, 5) is 30.2. The van der Waals surface area contributed by atoms with Crippen molar-refractivity contribution in [1.82, 2.24) is 9.55 Å². The highest BCUT2D eigenvalue weighted by Crippen LogP contribution is 2.30. The molecule has 0 aliphatic rings. The van der Waals surface area contributed by atoms with Gasteiger partial charge in [0.15, 0.2) is 0 Å². The Morgan fingerprint density at radius 3 is 2.50 bits per heavy atom. The van der Waals surface area contributed by atoms with Crippen molar-refractivity contribution in [3.8, 4) is 11.1 Å². The number of hydrogen-bond acceptors (Lipinski definition) is 5. The van der Waals surface area contributed by atoms with Crippen LogP contribution in [0.15, 0.2) is 65.0 Å². The third-order valence-electron chi connectivity index (χ3n) is 4.60. The molecule has 0 spiro atoms. The molecule has 0 bridgehead atoms. The summed E-state index contributed by atoms with van der Waals surface area (Å²) in [6.07, 6.45) is 1.34. The quantitative estimate of drug-likeness (QED) is 0.430. The summed E-state index contributed by atoms with van der Waals surface area (Å²) in [7, 11) is 0. The van der Waals surface area contributed by atoms with Gasteiger partial charge in [-0.2, -0.15) is 0 Å². The first-order chi connectivity index (χ1) is 14.4. The van der Waals surface area contributed by atoms with E-state index in [-0.39, 0.29) is 23.4 Å². The molecule has 0 aliphatic carbocycles. The Labute approximate surface area is 176 Å². The van der Waals surface area contributed by atoms with Crippen LogP contribution in [0.1, 0.15) is 29.8 Å². The van der Waals surface area contributed by atoms with Crippen molar-refractivity contribution in [3.63, 3.8) is 0 Å². The Morgan fingerprint density at radius 2 is 1.83 bits per heavy atom. The van der Waals surface area contributed by atoms with Crippen LogP contribution in [0.25, 0.3) is 21.3 Å². The molecular formula is C23H19FN2O3S. The zero-order valence-electron chi connectivity index (χ0n) is 16.5. The molecule has 4 rings (SSSR count). The number of ether oxygens (including phenoxy) is 1. The molecular weight excluding hydrogens is 403 g/mol. The molecule has 5 nitrogen and oxygen atoms in total. The summed E-state index contributed by atoms with van der Waals surface area (Å²) < 4.78 is 20.0. The van der Waals surface area contributed by atoms with E-state index in [1.165, 1.54) is 34.4 Å². The van der Waals surface area contributed by atoms with Gasteiger partial charge in [0.05, 0.1) is 29.9 Å². The predicted molar refractivity (Wildman–Crippen MR) is 115 cm³/mol. The fourth-order valence-corrected chi connectivity index (χ4v) is 4.05. The molecule has 0 radical (unpaired) electrons. The number of benzene rings is 2. The smallest absolute Gasteiger partial charge is 0.338 e. The summed E-state index contributed by atoms with van der Waals surface area (Å²) in [5.74, 6) is -0.700. The van der Waals surface area contributed by atoms with Crippen LogP contribution in [0.4, 0.5) is 4.39 Å². The number of thiophene rings is 1. The molecule has 30 heavy (non-hydrogen) atoms.